The van der Waals surface area contributed by atoms with Crippen molar-refractivity contribution in [3.05, 3.63) is 60.1 Å². The smallest absolute Gasteiger partial charge is 0.133 e. The number of hydrogen-bond donors (Lipinski definition) is 1. The molecule has 0 saturated carbocycles. The lowest BCUT2D eigenvalue weighted by atomic mass is 10.1. The SMILES string of the molecule is C/C=C\C=C(/C)c1ncc(-c2cccc(CCC)c2)[nH]1. The van der Waals surface area contributed by atoms with Crippen LogP contribution in [0.4, 0.5) is 0 Å². The number of benzene rings is 1. The fourth-order valence-electron chi connectivity index (χ4n) is 2.17. The van der Waals surface area contributed by atoms with Crippen molar-refractivity contribution >= 4 is 5.57 Å². The van der Waals surface area contributed by atoms with Gasteiger partial charge < -0.3 is 4.98 Å². The van der Waals surface area contributed by atoms with E-state index in [1.165, 1.54) is 17.5 Å². The highest BCUT2D eigenvalue weighted by molar-refractivity contribution is 5.65. The Morgan fingerprint density at radius 1 is 1.35 bits per heavy atom. The van der Waals surface area contributed by atoms with Gasteiger partial charge in [-0.2, -0.15) is 0 Å². The molecule has 0 saturated heterocycles. The van der Waals surface area contributed by atoms with Crippen molar-refractivity contribution in [2.75, 3.05) is 0 Å². The average Bonchev–Trinajstić information content (AvgIpc) is 2.95. The lowest BCUT2D eigenvalue weighted by Gasteiger charge is -2.02. The zero-order chi connectivity index (χ0) is 14.4. The molecule has 2 nitrogen and oxygen atoms in total. The third kappa shape index (κ3) is 3.47. The van der Waals surface area contributed by atoms with E-state index in [0.717, 1.165) is 23.5 Å². The fraction of sp³-hybridized carbons (Fsp3) is 0.278. The highest BCUT2D eigenvalue weighted by Gasteiger charge is 2.05. The van der Waals surface area contributed by atoms with E-state index in [1.807, 2.05) is 25.3 Å². The maximum Gasteiger partial charge on any atom is 0.133 e. The van der Waals surface area contributed by atoms with Crippen LogP contribution in [0.2, 0.25) is 0 Å². The minimum absolute atomic E-state index is 0.930. The first-order chi connectivity index (χ1) is 9.74. The Labute approximate surface area is 121 Å². The molecule has 20 heavy (non-hydrogen) atoms. The summed E-state index contributed by atoms with van der Waals surface area (Å²) in [5.74, 6) is 0.930. The van der Waals surface area contributed by atoms with Crippen LogP contribution in [0.5, 0.6) is 0 Å². The second-order valence-electron chi connectivity index (χ2n) is 4.97. The van der Waals surface area contributed by atoms with Gasteiger partial charge in [-0.15, -0.1) is 0 Å². The predicted octanol–water partition coefficient (Wildman–Crippen LogP) is 5.01. The molecule has 0 amide bonds. The maximum atomic E-state index is 4.46. The molecule has 0 aliphatic carbocycles. The molecule has 0 aliphatic rings. The first kappa shape index (κ1) is 14.3. The van der Waals surface area contributed by atoms with Gasteiger partial charge in [0.1, 0.15) is 5.82 Å². The molecule has 0 radical (unpaired) electrons. The van der Waals surface area contributed by atoms with Gasteiger partial charge in [0.15, 0.2) is 0 Å². The zero-order valence-electron chi connectivity index (χ0n) is 12.5. The Kier molecular flexibility index (Phi) is 4.94. The highest BCUT2D eigenvalue weighted by atomic mass is 14.9. The minimum atomic E-state index is 0.930. The van der Waals surface area contributed by atoms with Crippen molar-refractivity contribution < 1.29 is 0 Å². The zero-order valence-corrected chi connectivity index (χ0v) is 12.5. The Bertz CT molecular complexity index is 618. The van der Waals surface area contributed by atoms with E-state index in [2.05, 4.69) is 54.2 Å². The lowest BCUT2D eigenvalue weighted by Crippen LogP contribution is -1.86. The number of allylic oxidation sites excluding steroid dienone is 4. The maximum absolute atomic E-state index is 4.46. The van der Waals surface area contributed by atoms with Crippen LogP contribution in [0.25, 0.3) is 16.8 Å². The molecule has 0 spiro atoms. The van der Waals surface area contributed by atoms with Crippen molar-refractivity contribution in [1.29, 1.82) is 0 Å². The molecule has 2 aromatic rings. The number of H-pyrrole nitrogens is 1. The van der Waals surface area contributed by atoms with Crippen LogP contribution in [0, 0.1) is 0 Å². The van der Waals surface area contributed by atoms with Gasteiger partial charge in [-0.3, -0.25) is 0 Å². The summed E-state index contributed by atoms with van der Waals surface area (Å²) in [6, 6.07) is 8.66. The Morgan fingerprint density at radius 3 is 2.95 bits per heavy atom. The number of rotatable bonds is 5. The third-order valence-electron chi connectivity index (χ3n) is 3.26. The van der Waals surface area contributed by atoms with Crippen molar-refractivity contribution in [3.8, 4) is 11.3 Å². The molecule has 0 fully saturated rings. The molecular weight excluding hydrogens is 244 g/mol. The van der Waals surface area contributed by atoms with E-state index in [0.29, 0.717) is 0 Å². The molecule has 2 heteroatoms. The Balaban J connectivity index is 2.26. The number of nitrogens with one attached hydrogen (secondary N) is 1. The van der Waals surface area contributed by atoms with Gasteiger partial charge in [0.2, 0.25) is 0 Å². The largest absolute Gasteiger partial charge is 0.338 e. The van der Waals surface area contributed by atoms with Crippen molar-refractivity contribution in [1.82, 2.24) is 9.97 Å². The quantitative estimate of drug-likeness (QED) is 0.757. The molecule has 0 aliphatic heterocycles. The number of aromatic nitrogens is 2. The van der Waals surface area contributed by atoms with Crippen molar-refractivity contribution in [2.24, 2.45) is 0 Å². The van der Waals surface area contributed by atoms with Gasteiger partial charge in [0.25, 0.3) is 0 Å². The second kappa shape index (κ2) is 6.90. The first-order valence-corrected chi connectivity index (χ1v) is 7.19. The van der Waals surface area contributed by atoms with E-state index in [9.17, 15) is 0 Å². The molecule has 1 aromatic heterocycles. The van der Waals surface area contributed by atoms with E-state index >= 15 is 0 Å². The molecule has 0 unspecified atom stereocenters. The predicted molar refractivity (Wildman–Crippen MR) is 86.5 cm³/mol. The van der Waals surface area contributed by atoms with E-state index in [4.69, 9.17) is 0 Å². The molecule has 0 atom stereocenters. The van der Waals surface area contributed by atoms with Crippen LogP contribution in [0.1, 0.15) is 38.6 Å². The van der Waals surface area contributed by atoms with Crippen LogP contribution >= 0.6 is 0 Å². The normalized spacial score (nSPS) is 12.2. The van der Waals surface area contributed by atoms with Crippen molar-refractivity contribution in [3.63, 3.8) is 0 Å². The standard InChI is InChI=1S/C18H22N2/c1-4-6-9-14(3)18-19-13-17(20-18)16-11-7-10-15(12-16)8-5-2/h4,6-7,9-13H,5,8H2,1-3H3,(H,19,20)/b6-4-,14-9+. The summed E-state index contributed by atoms with van der Waals surface area (Å²) >= 11 is 0. The average molecular weight is 266 g/mol. The molecule has 1 N–H and O–H groups in total. The highest BCUT2D eigenvalue weighted by Crippen LogP contribution is 2.21. The Morgan fingerprint density at radius 2 is 2.20 bits per heavy atom. The number of imidazole rings is 1. The number of hydrogen-bond acceptors (Lipinski definition) is 1. The van der Waals surface area contributed by atoms with Gasteiger partial charge >= 0.3 is 0 Å². The monoisotopic (exact) mass is 266 g/mol. The summed E-state index contributed by atoms with van der Waals surface area (Å²) in [6.07, 6.45) is 10.3. The lowest BCUT2D eigenvalue weighted by molar-refractivity contribution is 0.922. The van der Waals surface area contributed by atoms with Gasteiger partial charge in [0, 0.05) is 0 Å². The summed E-state index contributed by atoms with van der Waals surface area (Å²) in [5.41, 5.74) is 4.79. The molecule has 104 valence electrons. The molecule has 0 bridgehead atoms. The number of aryl methyl sites for hydroxylation is 1. The third-order valence-corrected chi connectivity index (χ3v) is 3.26. The second-order valence-corrected chi connectivity index (χ2v) is 4.97. The van der Waals surface area contributed by atoms with E-state index in [1.54, 1.807) is 0 Å². The number of aromatic amines is 1. The van der Waals surface area contributed by atoms with Crippen LogP contribution in [0.15, 0.2) is 48.7 Å². The van der Waals surface area contributed by atoms with E-state index in [-0.39, 0.29) is 0 Å². The summed E-state index contributed by atoms with van der Waals surface area (Å²) < 4.78 is 0. The fourth-order valence-corrected chi connectivity index (χ4v) is 2.17. The van der Waals surface area contributed by atoms with Crippen LogP contribution in [0.3, 0.4) is 0 Å². The van der Waals surface area contributed by atoms with Crippen LogP contribution in [-0.2, 0) is 6.42 Å². The minimum Gasteiger partial charge on any atom is -0.338 e. The van der Waals surface area contributed by atoms with Gasteiger partial charge in [-0.25, -0.2) is 4.98 Å². The molecule has 1 heterocycles. The van der Waals surface area contributed by atoms with Gasteiger partial charge in [-0.05, 0) is 43.0 Å². The summed E-state index contributed by atoms with van der Waals surface area (Å²) in [5, 5.41) is 0. The van der Waals surface area contributed by atoms with Crippen LogP contribution in [-0.4, -0.2) is 9.97 Å². The summed E-state index contributed by atoms with van der Waals surface area (Å²) in [4.78, 5) is 7.86. The van der Waals surface area contributed by atoms with Crippen molar-refractivity contribution in [2.45, 2.75) is 33.6 Å². The Hall–Kier alpha value is -2.09. The topological polar surface area (TPSA) is 28.7 Å². The molecule has 2 rings (SSSR count). The first-order valence-electron chi connectivity index (χ1n) is 7.19. The number of nitrogens with zero attached hydrogens (tertiary/aromatic N) is 1. The van der Waals surface area contributed by atoms with E-state index < -0.39 is 0 Å². The van der Waals surface area contributed by atoms with Crippen LogP contribution < -0.4 is 0 Å². The van der Waals surface area contributed by atoms with Gasteiger partial charge in [0.05, 0.1) is 11.9 Å². The summed E-state index contributed by atoms with van der Waals surface area (Å²) in [7, 11) is 0. The molecule has 1 aromatic carbocycles. The van der Waals surface area contributed by atoms with Gasteiger partial charge in [-0.1, -0.05) is 49.8 Å². The summed E-state index contributed by atoms with van der Waals surface area (Å²) in [6.45, 7) is 6.28. The molecular formula is C18H22N2.